The van der Waals surface area contributed by atoms with Crippen LogP contribution in [0.4, 0.5) is 10.3 Å². The number of rotatable bonds is 4. The fourth-order valence-corrected chi connectivity index (χ4v) is 3.80. The Kier molecular flexibility index (Phi) is 5.33. The van der Waals surface area contributed by atoms with Crippen LogP contribution in [0.5, 0.6) is 0 Å². The second kappa shape index (κ2) is 8.58. The van der Waals surface area contributed by atoms with Crippen molar-refractivity contribution >= 4 is 11.9 Å². The Bertz CT molecular complexity index is 1200. The van der Waals surface area contributed by atoms with E-state index in [-0.39, 0.29) is 11.7 Å². The zero-order valence-electron chi connectivity index (χ0n) is 17.3. The molecule has 0 spiro atoms. The second-order valence-corrected chi connectivity index (χ2v) is 7.51. The monoisotopic (exact) mass is 428 g/mol. The van der Waals surface area contributed by atoms with Crippen molar-refractivity contribution in [2.45, 2.75) is 0 Å². The Morgan fingerprint density at radius 3 is 2.22 bits per heavy atom. The van der Waals surface area contributed by atoms with Gasteiger partial charge in [-0.2, -0.15) is 5.10 Å². The third kappa shape index (κ3) is 3.94. The van der Waals surface area contributed by atoms with Crippen LogP contribution in [0.25, 0.3) is 16.9 Å². The standard InChI is InChI=1S/C24H21FN6O/c25-19-9-7-18(8-10-19)22-21(17-31(28-22)20-5-2-1-3-6-20)23(32)29-13-15-30(16-14-29)24-26-11-4-12-27-24/h1-12,17H,13-16H2. The Labute approximate surface area is 184 Å². The summed E-state index contributed by atoms with van der Waals surface area (Å²) in [4.78, 5) is 26.0. The molecule has 0 bridgehead atoms. The lowest BCUT2D eigenvalue weighted by Crippen LogP contribution is -2.49. The molecule has 0 saturated carbocycles. The van der Waals surface area contributed by atoms with Crippen LogP contribution >= 0.6 is 0 Å². The van der Waals surface area contributed by atoms with E-state index in [0.29, 0.717) is 48.9 Å². The molecular formula is C24H21FN6O. The molecule has 0 unspecified atom stereocenters. The number of aromatic nitrogens is 4. The van der Waals surface area contributed by atoms with Crippen molar-refractivity contribution in [2.24, 2.45) is 0 Å². The van der Waals surface area contributed by atoms with Gasteiger partial charge in [0.25, 0.3) is 5.91 Å². The van der Waals surface area contributed by atoms with Gasteiger partial charge in [0, 0.05) is 50.3 Å². The van der Waals surface area contributed by atoms with Crippen molar-refractivity contribution in [2.75, 3.05) is 31.1 Å². The molecular weight excluding hydrogens is 407 g/mol. The molecule has 0 radical (unpaired) electrons. The fourth-order valence-electron chi connectivity index (χ4n) is 3.80. The predicted octanol–water partition coefficient (Wildman–Crippen LogP) is 3.43. The molecule has 2 aromatic carbocycles. The Hall–Kier alpha value is -4.07. The number of piperazine rings is 1. The molecule has 3 heterocycles. The smallest absolute Gasteiger partial charge is 0.257 e. The molecule has 1 amide bonds. The van der Waals surface area contributed by atoms with E-state index < -0.39 is 0 Å². The van der Waals surface area contributed by atoms with Crippen LogP contribution in [-0.2, 0) is 0 Å². The summed E-state index contributed by atoms with van der Waals surface area (Å²) in [6.07, 6.45) is 5.18. The van der Waals surface area contributed by atoms with Gasteiger partial charge < -0.3 is 9.80 Å². The first-order valence-electron chi connectivity index (χ1n) is 10.4. The number of carbonyl (C=O) groups is 1. The number of halogens is 1. The van der Waals surface area contributed by atoms with E-state index in [1.165, 1.54) is 12.1 Å². The van der Waals surface area contributed by atoms with Crippen LogP contribution in [0.15, 0.2) is 79.3 Å². The number of amides is 1. The van der Waals surface area contributed by atoms with Gasteiger partial charge in [-0.15, -0.1) is 0 Å². The number of carbonyl (C=O) groups excluding carboxylic acids is 1. The van der Waals surface area contributed by atoms with Gasteiger partial charge in [-0.25, -0.2) is 19.0 Å². The minimum absolute atomic E-state index is 0.0971. The van der Waals surface area contributed by atoms with E-state index in [1.807, 2.05) is 35.2 Å². The first-order chi connectivity index (χ1) is 15.7. The van der Waals surface area contributed by atoms with Crippen molar-refractivity contribution < 1.29 is 9.18 Å². The zero-order chi connectivity index (χ0) is 21.9. The topological polar surface area (TPSA) is 67.2 Å². The van der Waals surface area contributed by atoms with Gasteiger partial charge in [0.05, 0.1) is 11.3 Å². The molecule has 160 valence electrons. The molecule has 8 heteroatoms. The van der Waals surface area contributed by atoms with Gasteiger partial charge in [-0.05, 0) is 42.5 Å². The fraction of sp³-hybridized carbons (Fsp3) is 0.167. The highest BCUT2D eigenvalue weighted by atomic mass is 19.1. The number of para-hydroxylation sites is 1. The average molecular weight is 428 g/mol. The minimum Gasteiger partial charge on any atom is -0.337 e. The van der Waals surface area contributed by atoms with Gasteiger partial charge in [0.1, 0.15) is 11.5 Å². The highest BCUT2D eigenvalue weighted by molar-refractivity contribution is 6.00. The third-order valence-electron chi connectivity index (χ3n) is 5.48. The molecule has 2 aromatic heterocycles. The highest BCUT2D eigenvalue weighted by Crippen LogP contribution is 2.26. The molecule has 1 aliphatic rings. The van der Waals surface area contributed by atoms with Crippen LogP contribution in [0.1, 0.15) is 10.4 Å². The van der Waals surface area contributed by atoms with Crippen molar-refractivity contribution in [3.05, 3.63) is 90.6 Å². The lowest BCUT2D eigenvalue weighted by atomic mass is 10.1. The maximum Gasteiger partial charge on any atom is 0.257 e. The van der Waals surface area contributed by atoms with Crippen LogP contribution < -0.4 is 4.90 Å². The Morgan fingerprint density at radius 2 is 1.53 bits per heavy atom. The van der Waals surface area contributed by atoms with Gasteiger partial charge in [-0.3, -0.25) is 4.79 Å². The van der Waals surface area contributed by atoms with E-state index in [0.717, 1.165) is 5.69 Å². The third-order valence-corrected chi connectivity index (χ3v) is 5.48. The van der Waals surface area contributed by atoms with Crippen LogP contribution in [0.2, 0.25) is 0 Å². The number of anilines is 1. The Morgan fingerprint density at radius 1 is 0.844 bits per heavy atom. The molecule has 1 saturated heterocycles. The molecule has 4 aromatic rings. The van der Waals surface area contributed by atoms with Gasteiger partial charge >= 0.3 is 0 Å². The largest absolute Gasteiger partial charge is 0.337 e. The van der Waals surface area contributed by atoms with Crippen molar-refractivity contribution in [1.29, 1.82) is 0 Å². The molecule has 5 rings (SSSR count). The maximum absolute atomic E-state index is 13.5. The summed E-state index contributed by atoms with van der Waals surface area (Å²) in [5.41, 5.74) is 2.57. The summed E-state index contributed by atoms with van der Waals surface area (Å²) < 4.78 is 15.2. The average Bonchev–Trinajstić information content (AvgIpc) is 3.31. The summed E-state index contributed by atoms with van der Waals surface area (Å²) in [7, 11) is 0. The summed E-state index contributed by atoms with van der Waals surface area (Å²) in [5.74, 6) is 0.243. The van der Waals surface area contributed by atoms with E-state index in [2.05, 4.69) is 20.0 Å². The van der Waals surface area contributed by atoms with Gasteiger partial charge in [0.2, 0.25) is 5.95 Å². The molecule has 32 heavy (non-hydrogen) atoms. The number of benzene rings is 2. The van der Waals surface area contributed by atoms with Gasteiger partial charge in [-0.1, -0.05) is 18.2 Å². The number of hydrogen-bond acceptors (Lipinski definition) is 5. The van der Waals surface area contributed by atoms with Crippen molar-refractivity contribution in [3.8, 4) is 16.9 Å². The predicted molar refractivity (Wildman–Crippen MR) is 119 cm³/mol. The van der Waals surface area contributed by atoms with Crippen molar-refractivity contribution in [3.63, 3.8) is 0 Å². The number of hydrogen-bond donors (Lipinski definition) is 0. The second-order valence-electron chi connectivity index (χ2n) is 7.51. The van der Waals surface area contributed by atoms with Gasteiger partial charge in [0.15, 0.2) is 0 Å². The summed E-state index contributed by atoms with van der Waals surface area (Å²) in [5, 5.41) is 4.68. The quantitative estimate of drug-likeness (QED) is 0.498. The summed E-state index contributed by atoms with van der Waals surface area (Å²) in [6, 6.07) is 17.4. The molecule has 7 nitrogen and oxygen atoms in total. The number of nitrogens with zero attached hydrogens (tertiary/aromatic N) is 6. The maximum atomic E-state index is 13.5. The Balaban J connectivity index is 1.43. The van der Waals surface area contributed by atoms with E-state index in [1.54, 1.807) is 41.5 Å². The zero-order valence-corrected chi connectivity index (χ0v) is 17.3. The first-order valence-corrected chi connectivity index (χ1v) is 10.4. The van der Waals surface area contributed by atoms with E-state index >= 15 is 0 Å². The molecule has 0 N–H and O–H groups in total. The van der Waals surface area contributed by atoms with E-state index in [4.69, 9.17) is 0 Å². The minimum atomic E-state index is -0.330. The lowest BCUT2D eigenvalue weighted by molar-refractivity contribution is 0.0747. The molecule has 0 atom stereocenters. The molecule has 1 fully saturated rings. The van der Waals surface area contributed by atoms with Crippen molar-refractivity contribution in [1.82, 2.24) is 24.6 Å². The first kappa shape index (κ1) is 19.9. The SMILES string of the molecule is O=C(c1cn(-c2ccccc2)nc1-c1ccc(F)cc1)N1CCN(c2ncccn2)CC1. The lowest BCUT2D eigenvalue weighted by Gasteiger charge is -2.34. The van der Waals surface area contributed by atoms with Crippen LogP contribution in [-0.4, -0.2) is 56.7 Å². The summed E-state index contributed by atoms with van der Waals surface area (Å²) in [6.45, 7) is 2.40. The van der Waals surface area contributed by atoms with E-state index in [9.17, 15) is 9.18 Å². The van der Waals surface area contributed by atoms with Crippen LogP contribution in [0, 0.1) is 5.82 Å². The molecule has 1 aliphatic heterocycles. The highest BCUT2D eigenvalue weighted by Gasteiger charge is 2.27. The molecule has 0 aliphatic carbocycles. The normalized spacial score (nSPS) is 13.9. The van der Waals surface area contributed by atoms with Crippen LogP contribution in [0.3, 0.4) is 0 Å². The summed E-state index contributed by atoms with van der Waals surface area (Å²) >= 11 is 0.